The van der Waals surface area contributed by atoms with Gasteiger partial charge in [0.25, 0.3) is 0 Å². The highest BCUT2D eigenvalue weighted by Gasteiger charge is 2.06. The fourth-order valence-electron chi connectivity index (χ4n) is 1.64. The van der Waals surface area contributed by atoms with Gasteiger partial charge in [0, 0.05) is 10.9 Å². The Morgan fingerprint density at radius 2 is 2.08 bits per heavy atom. The van der Waals surface area contributed by atoms with Crippen molar-refractivity contribution in [2.45, 2.75) is 13.8 Å². The minimum atomic E-state index is 0.685. The quantitative estimate of drug-likeness (QED) is 0.660. The molecule has 1 aromatic carbocycles. The summed E-state index contributed by atoms with van der Waals surface area (Å²) in [4.78, 5) is 13.8. The van der Waals surface area contributed by atoms with Crippen molar-refractivity contribution >= 4 is 17.2 Å². The van der Waals surface area contributed by atoms with Crippen molar-refractivity contribution in [3.05, 3.63) is 35.0 Å². The van der Waals surface area contributed by atoms with Crippen LogP contribution in [-0.4, -0.2) is 11.3 Å². The Morgan fingerprint density at radius 1 is 1.31 bits per heavy atom. The number of aromatic nitrogens is 1. The maximum Gasteiger partial charge on any atom is 0.166 e. The Hall–Kier alpha value is -1.57. The summed E-state index contributed by atoms with van der Waals surface area (Å²) in [5.74, 6) is 0. The third kappa shape index (κ3) is 1.06. The van der Waals surface area contributed by atoms with Gasteiger partial charge in [0.1, 0.15) is 0 Å². The predicted molar refractivity (Wildman–Crippen MR) is 53.2 cm³/mol. The normalized spacial score (nSPS) is 10.6. The van der Waals surface area contributed by atoms with Crippen LogP contribution in [0.4, 0.5) is 0 Å². The molecule has 2 heteroatoms. The zero-order valence-corrected chi connectivity index (χ0v) is 7.72. The summed E-state index contributed by atoms with van der Waals surface area (Å²) in [6.45, 7) is 3.99. The lowest BCUT2D eigenvalue weighted by Crippen LogP contribution is -1.80. The highest BCUT2D eigenvalue weighted by atomic mass is 16.1. The number of benzene rings is 1. The van der Waals surface area contributed by atoms with Gasteiger partial charge < -0.3 is 4.98 Å². The third-order valence-corrected chi connectivity index (χ3v) is 2.46. The van der Waals surface area contributed by atoms with Crippen LogP contribution in [-0.2, 0) is 0 Å². The number of rotatable bonds is 1. The topological polar surface area (TPSA) is 32.9 Å². The third-order valence-electron chi connectivity index (χ3n) is 2.46. The second-order valence-corrected chi connectivity index (χ2v) is 3.28. The Labute approximate surface area is 76.6 Å². The first-order valence-electron chi connectivity index (χ1n) is 4.27. The van der Waals surface area contributed by atoms with Crippen LogP contribution in [0.15, 0.2) is 18.2 Å². The molecule has 0 aliphatic carbocycles. The molecule has 0 amide bonds. The molecule has 0 saturated heterocycles. The number of aldehydes is 1. The SMILES string of the molecule is Cc1c(C=O)[nH]c2c(C)cccc12. The molecule has 0 bridgehead atoms. The average molecular weight is 173 g/mol. The monoisotopic (exact) mass is 173 g/mol. The Bertz CT molecular complexity index is 468. The van der Waals surface area contributed by atoms with Gasteiger partial charge in [-0.05, 0) is 25.0 Å². The number of fused-ring (bicyclic) bond motifs is 1. The van der Waals surface area contributed by atoms with Crippen LogP contribution in [0.25, 0.3) is 10.9 Å². The van der Waals surface area contributed by atoms with E-state index < -0.39 is 0 Å². The average Bonchev–Trinajstić information content (AvgIpc) is 2.45. The van der Waals surface area contributed by atoms with E-state index in [4.69, 9.17) is 0 Å². The molecule has 13 heavy (non-hydrogen) atoms. The van der Waals surface area contributed by atoms with E-state index in [0.717, 1.165) is 22.8 Å². The fourth-order valence-corrected chi connectivity index (χ4v) is 1.64. The molecule has 0 aliphatic rings. The van der Waals surface area contributed by atoms with Crippen LogP contribution in [0.3, 0.4) is 0 Å². The summed E-state index contributed by atoms with van der Waals surface area (Å²) in [6, 6.07) is 6.07. The van der Waals surface area contributed by atoms with Crippen LogP contribution in [0.1, 0.15) is 21.6 Å². The van der Waals surface area contributed by atoms with E-state index in [2.05, 4.69) is 4.98 Å². The summed E-state index contributed by atoms with van der Waals surface area (Å²) in [7, 11) is 0. The van der Waals surface area contributed by atoms with Crippen molar-refractivity contribution in [3.8, 4) is 0 Å². The highest BCUT2D eigenvalue weighted by molar-refractivity contribution is 5.93. The van der Waals surface area contributed by atoms with Gasteiger partial charge in [0.05, 0.1) is 5.69 Å². The van der Waals surface area contributed by atoms with Gasteiger partial charge >= 0.3 is 0 Å². The predicted octanol–water partition coefficient (Wildman–Crippen LogP) is 2.60. The number of hydrogen-bond acceptors (Lipinski definition) is 1. The summed E-state index contributed by atoms with van der Waals surface area (Å²) >= 11 is 0. The number of para-hydroxylation sites is 1. The summed E-state index contributed by atoms with van der Waals surface area (Å²) in [5, 5.41) is 1.14. The van der Waals surface area contributed by atoms with Gasteiger partial charge in [0.2, 0.25) is 0 Å². The van der Waals surface area contributed by atoms with Crippen LogP contribution < -0.4 is 0 Å². The first-order valence-corrected chi connectivity index (χ1v) is 4.27. The lowest BCUT2D eigenvalue weighted by molar-refractivity contribution is 0.111. The van der Waals surface area contributed by atoms with Crippen molar-refractivity contribution in [3.63, 3.8) is 0 Å². The molecule has 0 spiro atoms. The zero-order chi connectivity index (χ0) is 9.42. The minimum absolute atomic E-state index is 0.685. The van der Waals surface area contributed by atoms with Crippen molar-refractivity contribution in [2.24, 2.45) is 0 Å². The van der Waals surface area contributed by atoms with Crippen LogP contribution in [0.2, 0.25) is 0 Å². The van der Waals surface area contributed by atoms with E-state index in [1.165, 1.54) is 5.56 Å². The molecule has 2 aromatic rings. The van der Waals surface area contributed by atoms with Crippen LogP contribution in [0, 0.1) is 13.8 Å². The van der Waals surface area contributed by atoms with Crippen LogP contribution in [0.5, 0.6) is 0 Å². The lowest BCUT2D eigenvalue weighted by atomic mass is 10.1. The molecule has 1 aromatic heterocycles. The van der Waals surface area contributed by atoms with Gasteiger partial charge in [-0.3, -0.25) is 4.79 Å². The number of aromatic amines is 1. The van der Waals surface area contributed by atoms with E-state index in [0.29, 0.717) is 5.69 Å². The molecule has 0 saturated carbocycles. The second kappa shape index (κ2) is 2.73. The molecule has 0 unspecified atom stereocenters. The van der Waals surface area contributed by atoms with Gasteiger partial charge in [-0.25, -0.2) is 0 Å². The molecule has 0 fully saturated rings. The molecule has 0 aliphatic heterocycles. The van der Waals surface area contributed by atoms with E-state index in [-0.39, 0.29) is 0 Å². The molecule has 0 atom stereocenters. The molecule has 66 valence electrons. The van der Waals surface area contributed by atoms with E-state index in [1.54, 1.807) is 0 Å². The smallest absolute Gasteiger partial charge is 0.166 e. The maximum absolute atomic E-state index is 10.7. The van der Waals surface area contributed by atoms with Gasteiger partial charge in [-0.2, -0.15) is 0 Å². The molecule has 2 rings (SSSR count). The van der Waals surface area contributed by atoms with Gasteiger partial charge in [-0.1, -0.05) is 18.2 Å². The van der Waals surface area contributed by atoms with Crippen molar-refractivity contribution in [2.75, 3.05) is 0 Å². The summed E-state index contributed by atoms with van der Waals surface area (Å²) < 4.78 is 0. The Kier molecular flexibility index (Phi) is 1.69. The highest BCUT2D eigenvalue weighted by Crippen LogP contribution is 2.22. The van der Waals surface area contributed by atoms with Crippen molar-refractivity contribution < 1.29 is 4.79 Å². The number of hydrogen-bond donors (Lipinski definition) is 1. The maximum atomic E-state index is 10.7. The molecule has 1 N–H and O–H groups in total. The molecular formula is C11H11NO. The number of nitrogens with one attached hydrogen (secondary N) is 1. The number of carbonyl (C=O) groups excluding carboxylic acids is 1. The van der Waals surface area contributed by atoms with Gasteiger partial charge in [0.15, 0.2) is 6.29 Å². The largest absolute Gasteiger partial charge is 0.352 e. The minimum Gasteiger partial charge on any atom is -0.352 e. The number of aryl methyl sites for hydroxylation is 2. The molecule has 1 heterocycles. The number of H-pyrrole nitrogens is 1. The van der Waals surface area contributed by atoms with E-state index in [1.807, 2.05) is 32.0 Å². The fraction of sp³-hybridized carbons (Fsp3) is 0.182. The molecular weight excluding hydrogens is 162 g/mol. The first-order chi connectivity index (χ1) is 6.24. The second-order valence-electron chi connectivity index (χ2n) is 3.28. The summed E-state index contributed by atoms with van der Waals surface area (Å²) in [5.41, 5.74) is 3.97. The zero-order valence-electron chi connectivity index (χ0n) is 7.72. The standard InChI is InChI=1S/C11H11NO/c1-7-4-3-5-9-8(2)10(6-13)12-11(7)9/h3-6,12H,1-2H3. The van der Waals surface area contributed by atoms with E-state index in [9.17, 15) is 4.79 Å². The number of carbonyl (C=O) groups is 1. The Morgan fingerprint density at radius 3 is 2.69 bits per heavy atom. The van der Waals surface area contributed by atoms with Crippen molar-refractivity contribution in [1.29, 1.82) is 0 Å². The Balaban J connectivity index is 2.91. The van der Waals surface area contributed by atoms with E-state index >= 15 is 0 Å². The van der Waals surface area contributed by atoms with Gasteiger partial charge in [-0.15, -0.1) is 0 Å². The first kappa shape index (κ1) is 8.05. The lowest BCUT2D eigenvalue weighted by Gasteiger charge is -1.94. The summed E-state index contributed by atoms with van der Waals surface area (Å²) in [6.07, 6.45) is 0.870. The van der Waals surface area contributed by atoms with Crippen molar-refractivity contribution in [1.82, 2.24) is 4.98 Å². The molecule has 2 nitrogen and oxygen atoms in total. The van der Waals surface area contributed by atoms with Crippen LogP contribution >= 0.6 is 0 Å². The molecule has 0 radical (unpaired) electrons.